The number of ether oxygens (including phenoxy) is 1. The van der Waals surface area contributed by atoms with E-state index in [4.69, 9.17) is 14.9 Å². The zero-order chi connectivity index (χ0) is 16.3. The summed E-state index contributed by atoms with van der Waals surface area (Å²) in [5.41, 5.74) is 0. The van der Waals surface area contributed by atoms with Gasteiger partial charge in [0.1, 0.15) is 6.10 Å². The van der Waals surface area contributed by atoms with Crippen molar-refractivity contribution in [3.8, 4) is 0 Å². The molecule has 0 aromatic heterocycles. The van der Waals surface area contributed by atoms with Gasteiger partial charge in [0.25, 0.3) is 0 Å². The van der Waals surface area contributed by atoms with Gasteiger partial charge < -0.3 is 14.9 Å². The molecule has 0 bridgehead atoms. The molecular formula is C19H40O3. The van der Waals surface area contributed by atoms with E-state index in [9.17, 15) is 0 Å². The highest BCUT2D eigenvalue weighted by Gasteiger charge is 2.00. The Morgan fingerprint density at radius 1 is 0.682 bits per heavy atom. The van der Waals surface area contributed by atoms with E-state index in [2.05, 4.69) is 6.92 Å². The molecule has 0 aliphatic carbocycles. The lowest BCUT2D eigenvalue weighted by molar-refractivity contribution is 0.00526. The van der Waals surface area contributed by atoms with Crippen LogP contribution in [-0.4, -0.2) is 36.1 Å². The molecule has 134 valence electrons. The molecule has 0 aromatic rings. The summed E-state index contributed by atoms with van der Waals surface area (Å²) >= 11 is 0. The fraction of sp³-hybridized carbons (Fsp3) is 1.00. The Kier molecular flexibility index (Phi) is 18.8. The Bertz CT molecular complexity index is 197. The molecule has 0 rings (SSSR count). The molecule has 0 saturated carbocycles. The molecule has 3 heteroatoms. The molecule has 0 aliphatic rings. The molecule has 1 atom stereocenters. The molecule has 2 N–H and O–H groups in total. The smallest absolute Gasteiger partial charge is 0.100 e. The summed E-state index contributed by atoms with van der Waals surface area (Å²) in [4.78, 5) is 0. The molecule has 0 amide bonds. The first-order valence-electron chi connectivity index (χ1n) is 9.68. The van der Waals surface area contributed by atoms with E-state index in [-0.39, 0.29) is 13.2 Å². The van der Waals surface area contributed by atoms with Gasteiger partial charge in [0.05, 0.1) is 13.2 Å². The molecule has 3 nitrogen and oxygen atoms in total. The highest BCUT2D eigenvalue weighted by atomic mass is 16.5. The van der Waals surface area contributed by atoms with Crippen molar-refractivity contribution in [2.24, 2.45) is 0 Å². The summed E-state index contributed by atoms with van der Waals surface area (Å²) < 4.78 is 5.28. The molecule has 22 heavy (non-hydrogen) atoms. The summed E-state index contributed by atoms with van der Waals surface area (Å²) in [7, 11) is 0. The van der Waals surface area contributed by atoms with E-state index in [0.29, 0.717) is 6.61 Å². The number of hydrogen-bond acceptors (Lipinski definition) is 3. The van der Waals surface area contributed by atoms with Crippen molar-refractivity contribution < 1.29 is 14.9 Å². The second-order valence-electron chi connectivity index (χ2n) is 6.51. The third-order valence-corrected chi connectivity index (χ3v) is 4.16. The van der Waals surface area contributed by atoms with Crippen LogP contribution in [0.1, 0.15) is 96.8 Å². The summed E-state index contributed by atoms with van der Waals surface area (Å²) in [6, 6.07) is 0. The van der Waals surface area contributed by atoms with Crippen LogP contribution in [0.2, 0.25) is 0 Å². The van der Waals surface area contributed by atoms with Gasteiger partial charge in [-0.1, -0.05) is 90.4 Å². The Balaban J connectivity index is 2.97. The lowest BCUT2D eigenvalue weighted by Crippen LogP contribution is -2.19. The van der Waals surface area contributed by atoms with Gasteiger partial charge in [-0.05, 0) is 6.42 Å². The number of unbranched alkanes of at least 4 members (excludes halogenated alkanes) is 13. The fourth-order valence-electron chi connectivity index (χ4n) is 2.67. The van der Waals surface area contributed by atoms with E-state index in [1.54, 1.807) is 0 Å². The second kappa shape index (κ2) is 18.9. The van der Waals surface area contributed by atoms with E-state index in [1.807, 2.05) is 0 Å². The first-order chi connectivity index (χ1) is 10.8. The van der Waals surface area contributed by atoms with Crippen molar-refractivity contribution in [3.63, 3.8) is 0 Å². The minimum Gasteiger partial charge on any atom is -0.394 e. The molecule has 0 unspecified atom stereocenters. The number of rotatable bonds is 18. The number of aliphatic hydroxyl groups excluding tert-OH is 2. The molecule has 0 aromatic carbocycles. The van der Waals surface area contributed by atoms with Crippen LogP contribution in [0.25, 0.3) is 0 Å². The maximum Gasteiger partial charge on any atom is 0.100 e. The summed E-state index contributed by atoms with van der Waals surface area (Å²) in [6.45, 7) is 3.03. The van der Waals surface area contributed by atoms with Crippen LogP contribution < -0.4 is 0 Å². The van der Waals surface area contributed by atoms with Gasteiger partial charge in [-0.2, -0.15) is 0 Å². The summed E-state index contributed by atoms with van der Waals surface area (Å²) in [5, 5.41) is 17.7. The third kappa shape index (κ3) is 17.9. The van der Waals surface area contributed by atoms with Crippen molar-refractivity contribution >= 4 is 0 Å². The highest BCUT2D eigenvalue weighted by Crippen LogP contribution is 2.12. The summed E-state index contributed by atoms with van der Waals surface area (Å²) in [6.07, 6.45) is 18.3. The van der Waals surface area contributed by atoms with Crippen molar-refractivity contribution in [1.29, 1.82) is 0 Å². The molecule has 0 heterocycles. The average Bonchev–Trinajstić information content (AvgIpc) is 2.54. The molecule has 0 saturated heterocycles. The average molecular weight is 317 g/mol. The van der Waals surface area contributed by atoms with Crippen molar-refractivity contribution in [1.82, 2.24) is 0 Å². The van der Waals surface area contributed by atoms with E-state index in [1.165, 1.54) is 83.5 Å². The third-order valence-electron chi connectivity index (χ3n) is 4.16. The quantitative estimate of drug-likeness (QED) is 0.356. The van der Waals surface area contributed by atoms with Crippen LogP contribution in [0.15, 0.2) is 0 Å². The molecule has 0 fully saturated rings. The van der Waals surface area contributed by atoms with Gasteiger partial charge in [0, 0.05) is 6.61 Å². The van der Waals surface area contributed by atoms with Crippen molar-refractivity contribution in [2.45, 2.75) is 103 Å². The summed E-state index contributed by atoms with van der Waals surface area (Å²) in [5.74, 6) is 0. The Morgan fingerprint density at radius 3 is 1.50 bits per heavy atom. The van der Waals surface area contributed by atoms with E-state index < -0.39 is 6.10 Å². The zero-order valence-corrected chi connectivity index (χ0v) is 14.9. The molecule has 0 radical (unpaired) electrons. The van der Waals surface area contributed by atoms with Crippen LogP contribution in [0.3, 0.4) is 0 Å². The Hall–Kier alpha value is -0.120. The van der Waals surface area contributed by atoms with Crippen LogP contribution in [0.4, 0.5) is 0 Å². The lowest BCUT2D eigenvalue weighted by Gasteiger charge is -2.08. The molecule has 0 aliphatic heterocycles. The Labute approximate surface area is 138 Å². The van der Waals surface area contributed by atoms with Crippen molar-refractivity contribution in [2.75, 3.05) is 19.8 Å². The lowest BCUT2D eigenvalue weighted by atomic mass is 10.0. The monoisotopic (exact) mass is 316 g/mol. The largest absolute Gasteiger partial charge is 0.394 e. The first-order valence-corrected chi connectivity index (χ1v) is 9.68. The standard InChI is InChI=1S/C19H40O3/c1-2-3-4-5-6-7-8-9-10-11-12-13-14-15-16-22-18-19(21)17-20/h19-21H,2-18H2,1H3/t19-/m1/s1. The predicted molar refractivity (Wildman–Crippen MR) is 94.2 cm³/mol. The minimum atomic E-state index is -0.716. The second-order valence-corrected chi connectivity index (χ2v) is 6.51. The van der Waals surface area contributed by atoms with Crippen molar-refractivity contribution in [3.05, 3.63) is 0 Å². The number of aliphatic hydroxyl groups is 2. The first kappa shape index (κ1) is 21.9. The maximum atomic E-state index is 9.10. The van der Waals surface area contributed by atoms with E-state index in [0.717, 1.165) is 6.42 Å². The topological polar surface area (TPSA) is 49.7 Å². The van der Waals surface area contributed by atoms with Crippen LogP contribution in [0, 0.1) is 0 Å². The fourth-order valence-corrected chi connectivity index (χ4v) is 2.67. The zero-order valence-electron chi connectivity index (χ0n) is 14.9. The minimum absolute atomic E-state index is 0.210. The van der Waals surface area contributed by atoms with Gasteiger partial charge in [-0.25, -0.2) is 0 Å². The van der Waals surface area contributed by atoms with Crippen LogP contribution in [-0.2, 0) is 4.74 Å². The highest BCUT2D eigenvalue weighted by molar-refractivity contribution is 4.51. The number of hydrogen-bond donors (Lipinski definition) is 2. The normalized spacial score (nSPS) is 12.7. The van der Waals surface area contributed by atoms with Gasteiger partial charge >= 0.3 is 0 Å². The SMILES string of the molecule is CCCCCCCCCCCCCCCCOC[C@H](O)CO. The maximum absolute atomic E-state index is 9.10. The van der Waals surface area contributed by atoms with Gasteiger partial charge in [0.2, 0.25) is 0 Å². The Morgan fingerprint density at radius 2 is 1.09 bits per heavy atom. The predicted octanol–water partition coefficient (Wildman–Crippen LogP) is 4.84. The van der Waals surface area contributed by atoms with Crippen LogP contribution in [0.5, 0.6) is 0 Å². The molecular weight excluding hydrogens is 276 g/mol. The van der Waals surface area contributed by atoms with Gasteiger partial charge in [-0.3, -0.25) is 0 Å². The van der Waals surface area contributed by atoms with Gasteiger partial charge in [0.15, 0.2) is 0 Å². The van der Waals surface area contributed by atoms with E-state index >= 15 is 0 Å². The van der Waals surface area contributed by atoms with Crippen LogP contribution >= 0.6 is 0 Å². The molecule has 0 spiro atoms. The van der Waals surface area contributed by atoms with Gasteiger partial charge in [-0.15, -0.1) is 0 Å².